The molecule has 0 aliphatic heterocycles. The van der Waals surface area contributed by atoms with Crippen molar-refractivity contribution in [3.05, 3.63) is 47.6 Å². The predicted octanol–water partition coefficient (Wildman–Crippen LogP) is 3.47. The third-order valence-corrected chi connectivity index (χ3v) is 3.09. The van der Waals surface area contributed by atoms with E-state index < -0.39 is 0 Å². The van der Waals surface area contributed by atoms with Gasteiger partial charge in [-0.1, -0.05) is 29.4 Å². The molecule has 0 unspecified atom stereocenters. The maximum Gasteiger partial charge on any atom is 0.101 e. The Bertz CT molecular complexity index is 459. The lowest BCUT2D eigenvalue weighted by atomic mass is 10.3. The van der Waals surface area contributed by atoms with E-state index in [0.717, 1.165) is 15.6 Å². The number of anilines is 1. The summed E-state index contributed by atoms with van der Waals surface area (Å²) in [5.74, 6) is 0. The molecule has 0 atom stereocenters. The highest BCUT2D eigenvalue weighted by molar-refractivity contribution is 7.99. The largest absolute Gasteiger partial charge is 0.398 e. The van der Waals surface area contributed by atoms with Gasteiger partial charge >= 0.3 is 0 Å². The normalized spacial score (nSPS) is 10.2. The standard InChI is InChI=1S/C11H9ClN2S/c12-8-4-5-9(13)10(7-8)15-11-3-1-2-6-14-11/h1-7H,13H2. The van der Waals surface area contributed by atoms with Gasteiger partial charge in [0, 0.05) is 21.8 Å². The Balaban J connectivity index is 2.28. The molecule has 1 heterocycles. The lowest BCUT2D eigenvalue weighted by Crippen LogP contribution is -1.88. The molecule has 0 saturated heterocycles. The van der Waals surface area contributed by atoms with Gasteiger partial charge in [0.2, 0.25) is 0 Å². The average molecular weight is 237 g/mol. The highest BCUT2D eigenvalue weighted by Gasteiger charge is 2.03. The minimum absolute atomic E-state index is 0.683. The molecule has 0 radical (unpaired) electrons. The van der Waals surface area contributed by atoms with E-state index in [1.807, 2.05) is 24.3 Å². The third kappa shape index (κ3) is 2.64. The second-order valence-electron chi connectivity index (χ2n) is 2.95. The number of pyridine rings is 1. The van der Waals surface area contributed by atoms with Crippen LogP contribution in [-0.2, 0) is 0 Å². The van der Waals surface area contributed by atoms with Crippen molar-refractivity contribution in [1.82, 2.24) is 4.98 Å². The highest BCUT2D eigenvalue weighted by atomic mass is 35.5. The summed E-state index contributed by atoms with van der Waals surface area (Å²) >= 11 is 7.40. The molecule has 2 nitrogen and oxygen atoms in total. The van der Waals surface area contributed by atoms with Crippen molar-refractivity contribution in [1.29, 1.82) is 0 Å². The lowest BCUT2D eigenvalue weighted by molar-refractivity contribution is 1.13. The van der Waals surface area contributed by atoms with Gasteiger partial charge in [0.25, 0.3) is 0 Å². The first-order valence-electron chi connectivity index (χ1n) is 4.39. The van der Waals surface area contributed by atoms with E-state index in [0.29, 0.717) is 5.02 Å². The summed E-state index contributed by atoms with van der Waals surface area (Å²) in [5.41, 5.74) is 6.55. The minimum Gasteiger partial charge on any atom is -0.398 e. The van der Waals surface area contributed by atoms with E-state index in [2.05, 4.69) is 4.98 Å². The van der Waals surface area contributed by atoms with E-state index in [9.17, 15) is 0 Å². The van der Waals surface area contributed by atoms with Crippen LogP contribution in [-0.4, -0.2) is 4.98 Å². The molecule has 0 spiro atoms. The Morgan fingerprint density at radius 1 is 1.20 bits per heavy atom. The number of benzene rings is 1. The van der Waals surface area contributed by atoms with Gasteiger partial charge in [-0.15, -0.1) is 0 Å². The quantitative estimate of drug-likeness (QED) is 0.812. The number of rotatable bonds is 2. The molecular formula is C11H9ClN2S. The SMILES string of the molecule is Nc1ccc(Cl)cc1Sc1ccccn1. The van der Waals surface area contributed by atoms with Gasteiger partial charge in [-0.2, -0.15) is 0 Å². The molecule has 0 aliphatic rings. The zero-order chi connectivity index (χ0) is 10.7. The van der Waals surface area contributed by atoms with Crippen molar-refractivity contribution in [2.45, 2.75) is 9.92 Å². The molecule has 0 aliphatic carbocycles. The molecule has 1 aromatic heterocycles. The van der Waals surface area contributed by atoms with Crippen molar-refractivity contribution in [2.24, 2.45) is 0 Å². The van der Waals surface area contributed by atoms with Crippen molar-refractivity contribution >= 4 is 29.1 Å². The van der Waals surface area contributed by atoms with E-state index in [4.69, 9.17) is 17.3 Å². The number of halogens is 1. The van der Waals surface area contributed by atoms with Gasteiger partial charge in [0.05, 0.1) is 0 Å². The molecule has 0 saturated carbocycles. The van der Waals surface area contributed by atoms with Crippen LogP contribution in [0.25, 0.3) is 0 Å². The number of aromatic nitrogens is 1. The molecule has 0 bridgehead atoms. The summed E-state index contributed by atoms with van der Waals surface area (Å²) in [5, 5.41) is 1.59. The van der Waals surface area contributed by atoms with Crippen LogP contribution in [0.5, 0.6) is 0 Å². The number of nitrogen functional groups attached to an aromatic ring is 1. The second-order valence-corrected chi connectivity index (χ2v) is 4.45. The van der Waals surface area contributed by atoms with Crippen molar-refractivity contribution in [3.63, 3.8) is 0 Å². The molecule has 0 fully saturated rings. The van der Waals surface area contributed by atoms with Crippen LogP contribution in [0.3, 0.4) is 0 Å². The van der Waals surface area contributed by atoms with Gasteiger partial charge in [0.1, 0.15) is 5.03 Å². The third-order valence-electron chi connectivity index (χ3n) is 1.83. The number of hydrogen-bond acceptors (Lipinski definition) is 3. The van der Waals surface area contributed by atoms with Crippen LogP contribution in [0, 0.1) is 0 Å². The van der Waals surface area contributed by atoms with Crippen LogP contribution >= 0.6 is 23.4 Å². The monoisotopic (exact) mass is 236 g/mol. The Morgan fingerprint density at radius 3 is 2.80 bits per heavy atom. The number of nitrogens with zero attached hydrogens (tertiary/aromatic N) is 1. The Kier molecular flexibility index (Phi) is 3.14. The van der Waals surface area contributed by atoms with Crippen molar-refractivity contribution in [3.8, 4) is 0 Å². The second kappa shape index (κ2) is 4.55. The minimum atomic E-state index is 0.683. The molecule has 76 valence electrons. The topological polar surface area (TPSA) is 38.9 Å². The number of hydrogen-bond donors (Lipinski definition) is 1. The summed E-state index contributed by atoms with van der Waals surface area (Å²) in [4.78, 5) is 5.14. The average Bonchev–Trinajstić information content (AvgIpc) is 2.25. The van der Waals surface area contributed by atoms with Crippen LogP contribution in [0.4, 0.5) is 5.69 Å². The zero-order valence-corrected chi connectivity index (χ0v) is 9.42. The maximum absolute atomic E-state index is 5.89. The summed E-state index contributed by atoms with van der Waals surface area (Å²) in [7, 11) is 0. The van der Waals surface area contributed by atoms with Gasteiger partial charge < -0.3 is 5.73 Å². The maximum atomic E-state index is 5.89. The van der Waals surface area contributed by atoms with Crippen molar-refractivity contribution < 1.29 is 0 Å². The summed E-state index contributed by atoms with van der Waals surface area (Å²) in [6.07, 6.45) is 1.75. The predicted molar refractivity (Wildman–Crippen MR) is 64.2 cm³/mol. The van der Waals surface area contributed by atoms with E-state index >= 15 is 0 Å². The number of nitrogens with two attached hydrogens (primary N) is 1. The fourth-order valence-corrected chi connectivity index (χ4v) is 2.21. The Hall–Kier alpha value is -1.19. The smallest absolute Gasteiger partial charge is 0.101 e. The molecule has 2 N–H and O–H groups in total. The van der Waals surface area contributed by atoms with Crippen LogP contribution in [0.1, 0.15) is 0 Å². The summed E-state index contributed by atoms with van der Waals surface area (Å²) in [6.45, 7) is 0. The van der Waals surface area contributed by atoms with Gasteiger partial charge in [-0.05, 0) is 30.3 Å². The van der Waals surface area contributed by atoms with E-state index in [1.165, 1.54) is 11.8 Å². The van der Waals surface area contributed by atoms with E-state index in [1.54, 1.807) is 18.3 Å². The van der Waals surface area contributed by atoms with Crippen LogP contribution < -0.4 is 5.73 Å². The van der Waals surface area contributed by atoms with Gasteiger partial charge in [-0.3, -0.25) is 0 Å². The molecule has 15 heavy (non-hydrogen) atoms. The first-order chi connectivity index (χ1) is 7.25. The van der Waals surface area contributed by atoms with E-state index in [-0.39, 0.29) is 0 Å². The molecule has 1 aromatic carbocycles. The Morgan fingerprint density at radius 2 is 2.07 bits per heavy atom. The van der Waals surface area contributed by atoms with Crippen LogP contribution in [0.15, 0.2) is 52.5 Å². The molecule has 2 rings (SSSR count). The lowest BCUT2D eigenvalue weighted by Gasteiger charge is -2.04. The highest BCUT2D eigenvalue weighted by Crippen LogP contribution is 2.32. The molecule has 0 amide bonds. The Labute approximate surface area is 97.5 Å². The van der Waals surface area contributed by atoms with Crippen LogP contribution in [0.2, 0.25) is 5.02 Å². The van der Waals surface area contributed by atoms with Gasteiger partial charge in [0.15, 0.2) is 0 Å². The first kappa shape index (κ1) is 10.3. The zero-order valence-electron chi connectivity index (χ0n) is 7.85. The molecule has 2 aromatic rings. The molecular weight excluding hydrogens is 228 g/mol. The first-order valence-corrected chi connectivity index (χ1v) is 5.59. The summed E-state index contributed by atoms with van der Waals surface area (Å²) < 4.78 is 0. The summed E-state index contributed by atoms with van der Waals surface area (Å²) in [6, 6.07) is 11.2. The van der Waals surface area contributed by atoms with Gasteiger partial charge in [-0.25, -0.2) is 4.98 Å². The fourth-order valence-electron chi connectivity index (χ4n) is 1.12. The van der Waals surface area contributed by atoms with Crippen molar-refractivity contribution in [2.75, 3.05) is 5.73 Å². The fraction of sp³-hybridized carbons (Fsp3) is 0. The molecule has 4 heteroatoms.